The molecule has 0 saturated carbocycles. The van der Waals surface area contributed by atoms with Gasteiger partial charge in [-0.3, -0.25) is 0 Å². The highest BCUT2D eigenvalue weighted by Gasteiger charge is 2.17. The van der Waals surface area contributed by atoms with Gasteiger partial charge in [0.1, 0.15) is 17.4 Å². The van der Waals surface area contributed by atoms with E-state index in [0.717, 1.165) is 20.7 Å². The quantitative estimate of drug-likeness (QED) is 0.436. The van der Waals surface area contributed by atoms with Gasteiger partial charge in [0.05, 0.1) is 5.02 Å². The van der Waals surface area contributed by atoms with Crippen molar-refractivity contribution in [1.29, 1.82) is 0 Å². The summed E-state index contributed by atoms with van der Waals surface area (Å²) in [4.78, 5) is 0.979. The number of fused-ring (bicyclic) bond motifs is 1. The summed E-state index contributed by atoms with van der Waals surface area (Å²) >= 11 is 13.2. The van der Waals surface area contributed by atoms with Crippen LogP contribution in [0.1, 0.15) is 0 Å². The molecule has 4 aromatic rings. The third-order valence-electron chi connectivity index (χ3n) is 3.61. The van der Waals surface area contributed by atoms with Crippen molar-refractivity contribution in [2.45, 2.75) is 6.67 Å². The van der Waals surface area contributed by atoms with E-state index in [1.54, 1.807) is 12.1 Å². The highest BCUT2D eigenvalue weighted by Crippen LogP contribution is 2.41. The van der Waals surface area contributed by atoms with Gasteiger partial charge in [-0.05, 0) is 42.5 Å². The predicted octanol–water partition coefficient (Wildman–Crippen LogP) is 5.95. The van der Waals surface area contributed by atoms with Crippen LogP contribution in [0.25, 0.3) is 20.9 Å². The van der Waals surface area contributed by atoms with Crippen molar-refractivity contribution in [2.75, 3.05) is 5.32 Å². The lowest BCUT2D eigenvalue weighted by molar-refractivity contribution is 0.523. The third-order valence-corrected chi connectivity index (χ3v) is 5.57. The van der Waals surface area contributed by atoms with Gasteiger partial charge < -0.3 is 9.73 Å². The van der Waals surface area contributed by atoms with Crippen LogP contribution in [0.2, 0.25) is 5.02 Å². The van der Waals surface area contributed by atoms with E-state index in [0.29, 0.717) is 17.6 Å². The lowest BCUT2D eigenvalue weighted by Gasteiger charge is -2.04. The molecule has 0 bridgehead atoms. The molecule has 1 N–H and O–H groups in total. The van der Waals surface area contributed by atoms with Crippen molar-refractivity contribution in [3.63, 3.8) is 0 Å². The van der Waals surface area contributed by atoms with Gasteiger partial charge in [0.2, 0.25) is 0 Å². The fourth-order valence-electron chi connectivity index (χ4n) is 2.38. The standard InChI is InChI=1S/C17H11ClFN3OS2/c18-14-12-3-1-2-4-13(12)25-15(14)16-21-22(17(24)23-16)9-20-11-7-5-10(19)6-8-11/h1-8,20H,9H2. The van der Waals surface area contributed by atoms with Crippen molar-refractivity contribution >= 4 is 50.9 Å². The molecular weight excluding hydrogens is 381 g/mol. The van der Waals surface area contributed by atoms with E-state index in [1.807, 2.05) is 24.3 Å². The Hall–Kier alpha value is -2.22. The molecule has 2 aromatic carbocycles. The van der Waals surface area contributed by atoms with E-state index in [4.69, 9.17) is 28.2 Å². The van der Waals surface area contributed by atoms with Crippen LogP contribution in [-0.4, -0.2) is 9.78 Å². The molecule has 0 spiro atoms. The number of thiophene rings is 1. The monoisotopic (exact) mass is 391 g/mol. The van der Waals surface area contributed by atoms with Crippen molar-refractivity contribution in [1.82, 2.24) is 9.78 Å². The van der Waals surface area contributed by atoms with Gasteiger partial charge in [-0.25, -0.2) is 9.07 Å². The van der Waals surface area contributed by atoms with Crippen molar-refractivity contribution in [2.24, 2.45) is 0 Å². The molecule has 126 valence electrons. The molecule has 0 atom stereocenters. The second-order valence-electron chi connectivity index (χ2n) is 5.26. The Bertz CT molecular complexity index is 1100. The van der Waals surface area contributed by atoms with Gasteiger partial charge in [0.15, 0.2) is 0 Å². The maximum atomic E-state index is 12.9. The maximum absolute atomic E-state index is 12.9. The smallest absolute Gasteiger partial charge is 0.289 e. The number of halogens is 2. The average molecular weight is 392 g/mol. The van der Waals surface area contributed by atoms with Crippen LogP contribution in [0.4, 0.5) is 10.1 Å². The minimum absolute atomic E-state index is 0.234. The number of benzene rings is 2. The minimum atomic E-state index is -0.287. The van der Waals surface area contributed by atoms with E-state index < -0.39 is 0 Å². The Morgan fingerprint density at radius 1 is 1.20 bits per heavy atom. The lowest BCUT2D eigenvalue weighted by atomic mass is 10.2. The second-order valence-corrected chi connectivity index (χ2v) is 7.04. The number of rotatable bonds is 4. The molecule has 4 nitrogen and oxygen atoms in total. The molecule has 0 aliphatic carbocycles. The third kappa shape index (κ3) is 3.18. The number of hydrogen-bond acceptors (Lipinski definition) is 5. The number of nitrogens with zero attached hydrogens (tertiary/aromatic N) is 2. The van der Waals surface area contributed by atoms with E-state index in [9.17, 15) is 4.39 Å². The summed E-state index contributed by atoms with van der Waals surface area (Å²) in [7, 11) is 0. The molecule has 0 unspecified atom stereocenters. The molecule has 25 heavy (non-hydrogen) atoms. The van der Waals surface area contributed by atoms with Crippen molar-refractivity contribution in [3.05, 3.63) is 64.2 Å². The first-order chi connectivity index (χ1) is 12.1. The van der Waals surface area contributed by atoms with Crippen LogP contribution in [0.15, 0.2) is 52.9 Å². The lowest BCUT2D eigenvalue weighted by Crippen LogP contribution is -2.09. The summed E-state index contributed by atoms with van der Waals surface area (Å²) in [5.74, 6) is 0.0994. The van der Waals surface area contributed by atoms with Gasteiger partial charge in [-0.15, -0.1) is 16.4 Å². The SMILES string of the molecule is Fc1ccc(NCn2nc(-c3sc4ccccc4c3Cl)oc2=S)cc1. The van der Waals surface area contributed by atoms with E-state index in [2.05, 4.69) is 10.4 Å². The molecule has 0 saturated heterocycles. The minimum Gasteiger partial charge on any atom is -0.408 e. The molecule has 0 aliphatic rings. The van der Waals surface area contributed by atoms with E-state index in [1.165, 1.54) is 28.2 Å². The Morgan fingerprint density at radius 2 is 1.96 bits per heavy atom. The summed E-state index contributed by atoms with van der Waals surface area (Å²) in [5.41, 5.74) is 0.757. The molecule has 8 heteroatoms. The first kappa shape index (κ1) is 16.3. The molecule has 0 radical (unpaired) electrons. The highest BCUT2D eigenvalue weighted by atomic mass is 35.5. The predicted molar refractivity (Wildman–Crippen MR) is 101 cm³/mol. The van der Waals surface area contributed by atoms with Gasteiger partial charge >= 0.3 is 0 Å². The zero-order valence-electron chi connectivity index (χ0n) is 12.7. The van der Waals surface area contributed by atoms with Gasteiger partial charge in [-0.1, -0.05) is 29.8 Å². The first-order valence-electron chi connectivity index (χ1n) is 7.36. The zero-order valence-corrected chi connectivity index (χ0v) is 15.1. The van der Waals surface area contributed by atoms with Gasteiger partial charge in [0.25, 0.3) is 10.7 Å². The van der Waals surface area contributed by atoms with Crippen molar-refractivity contribution in [3.8, 4) is 10.8 Å². The van der Waals surface area contributed by atoms with E-state index in [-0.39, 0.29) is 10.7 Å². The fourth-order valence-corrected chi connectivity index (χ4v) is 4.00. The van der Waals surface area contributed by atoms with Crippen LogP contribution in [0, 0.1) is 10.7 Å². The van der Waals surface area contributed by atoms with E-state index >= 15 is 0 Å². The summed E-state index contributed by atoms with van der Waals surface area (Å²) in [5, 5.41) is 9.09. The largest absolute Gasteiger partial charge is 0.408 e. The molecule has 0 aliphatic heterocycles. The number of aromatic nitrogens is 2. The van der Waals surface area contributed by atoms with Crippen molar-refractivity contribution < 1.29 is 8.81 Å². The Labute approximate surface area is 156 Å². The van der Waals surface area contributed by atoms with Crippen LogP contribution < -0.4 is 5.32 Å². The maximum Gasteiger partial charge on any atom is 0.289 e. The molecule has 4 rings (SSSR count). The zero-order chi connectivity index (χ0) is 17.4. The molecule has 2 aromatic heterocycles. The van der Waals surface area contributed by atoms with Crippen LogP contribution in [-0.2, 0) is 6.67 Å². The summed E-state index contributed by atoms with van der Waals surface area (Å²) in [6.45, 7) is 0.302. The first-order valence-corrected chi connectivity index (χ1v) is 8.97. The Morgan fingerprint density at radius 3 is 2.72 bits per heavy atom. The average Bonchev–Trinajstić information content (AvgIpc) is 3.15. The molecular formula is C17H11ClFN3OS2. The second kappa shape index (κ2) is 6.59. The number of anilines is 1. The highest BCUT2D eigenvalue weighted by molar-refractivity contribution is 7.71. The van der Waals surface area contributed by atoms with Crippen LogP contribution in [0.3, 0.4) is 0 Å². The fraction of sp³-hybridized carbons (Fsp3) is 0.0588. The molecule has 0 fully saturated rings. The van der Waals surface area contributed by atoms with Crippen LogP contribution in [0.5, 0.6) is 0 Å². The normalized spacial score (nSPS) is 11.1. The number of nitrogens with one attached hydrogen (secondary N) is 1. The van der Waals surface area contributed by atoms with Crippen LogP contribution >= 0.6 is 35.2 Å². The van der Waals surface area contributed by atoms with Gasteiger partial charge in [-0.2, -0.15) is 0 Å². The topological polar surface area (TPSA) is 43.0 Å². The Kier molecular flexibility index (Phi) is 4.29. The Balaban J connectivity index is 1.62. The molecule has 0 amide bonds. The molecule has 2 heterocycles. The summed E-state index contributed by atoms with van der Waals surface area (Å²) in [6.07, 6.45) is 0. The van der Waals surface area contributed by atoms with Gasteiger partial charge in [0, 0.05) is 15.8 Å². The number of hydrogen-bond donors (Lipinski definition) is 1. The summed E-state index contributed by atoms with van der Waals surface area (Å²) in [6, 6.07) is 13.9. The summed E-state index contributed by atoms with van der Waals surface area (Å²) < 4.78 is 21.1.